The largest absolute Gasteiger partial charge is 0.385 e. The fraction of sp³-hybridized carbons (Fsp3) is 0.235. The third kappa shape index (κ3) is 4.45. The number of rotatable bonds is 7. The summed E-state index contributed by atoms with van der Waals surface area (Å²) in [5.41, 5.74) is 1.20. The molecule has 0 aromatic heterocycles. The van der Waals surface area contributed by atoms with Gasteiger partial charge in [-0.15, -0.1) is 0 Å². The Labute approximate surface area is 133 Å². The van der Waals surface area contributed by atoms with E-state index in [9.17, 15) is 20.0 Å². The van der Waals surface area contributed by atoms with Gasteiger partial charge in [-0.2, -0.15) is 0 Å². The topological polar surface area (TPSA) is 89.7 Å². The Kier molecular flexibility index (Phi) is 5.56. The number of aliphatic hydroxyl groups excluding tert-OH is 1. The predicted molar refractivity (Wildman–Crippen MR) is 83.8 cm³/mol. The first-order chi connectivity index (χ1) is 11.0. The molecule has 0 aliphatic rings. The summed E-state index contributed by atoms with van der Waals surface area (Å²) in [5.74, 6) is -0.313. The Morgan fingerprint density at radius 1 is 1.17 bits per heavy atom. The van der Waals surface area contributed by atoms with Gasteiger partial charge in [0.25, 0.3) is 5.69 Å². The SMILES string of the molecule is CC(=O)[C@H](OCc1ccccc1)[C@@H](O)c1ccc([N+](=O)[O-])cc1. The van der Waals surface area contributed by atoms with E-state index in [0.29, 0.717) is 5.56 Å². The second kappa shape index (κ2) is 7.62. The molecule has 2 aromatic rings. The summed E-state index contributed by atoms with van der Waals surface area (Å²) in [6.07, 6.45) is -2.21. The molecule has 1 N–H and O–H groups in total. The number of carbonyl (C=O) groups excluding carboxylic acids is 1. The first kappa shape index (κ1) is 16.8. The second-order valence-electron chi connectivity index (χ2n) is 5.12. The maximum absolute atomic E-state index is 11.8. The number of hydrogen-bond acceptors (Lipinski definition) is 5. The fourth-order valence-corrected chi connectivity index (χ4v) is 2.16. The van der Waals surface area contributed by atoms with Crippen LogP contribution in [0.1, 0.15) is 24.2 Å². The number of nitro groups is 1. The van der Waals surface area contributed by atoms with Crippen LogP contribution in [-0.2, 0) is 16.1 Å². The van der Waals surface area contributed by atoms with Crippen LogP contribution in [0.4, 0.5) is 5.69 Å². The van der Waals surface area contributed by atoms with Crippen molar-refractivity contribution in [2.45, 2.75) is 25.7 Å². The molecule has 0 aliphatic carbocycles. The monoisotopic (exact) mass is 315 g/mol. The van der Waals surface area contributed by atoms with Gasteiger partial charge in [-0.1, -0.05) is 30.3 Å². The maximum atomic E-state index is 11.8. The molecule has 0 aliphatic heterocycles. The van der Waals surface area contributed by atoms with Crippen molar-refractivity contribution < 1.29 is 19.6 Å². The molecule has 0 fully saturated rings. The highest BCUT2D eigenvalue weighted by atomic mass is 16.6. The summed E-state index contributed by atoms with van der Waals surface area (Å²) < 4.78 is 5.55. The van der Waals surface area contributed by atoms with E-state index in [0.717, 1.165) is 5.56 Å². The Balaban J connectivity index is 2.10. The van der Waals surface area contributed by atoms with Crippen LogP contribution < -0.4 is 0 Å². The van der Waals surface area contributed by atoms with E-state index in [2.05, 4.69) is 0 Å². The van der Waals surface area contributed by atoms with Crippen LogP contribution in [0.25, 0.3) is 0 Å². The minimum absolute atomic E-state index is 0.0782. The standard InChI is InChI=1S/C17H17NO5/c1-12(19)17(23-11-13-5-3-2-4-6-13)16(20)14-7-9-15(10-8-14)18(21)22/h2-10,16-17,20H,11H2,1H3/t16-,17-/m0/s1. The number of nitro benzene ring substituents is 1. The number of ether oxygens (including phenoxy) is 1. The smallest absolute Gasteiger partial charge is 0.269 e. The second-order valence-corrected chi connectivity index (χ2v) is 5.12. The van der Waals surface area contributed by atoms with Crippen molar-refractivity contribution in [2.24, 2.45) is 0 Å². The highest BCUT2D eigenvalue weighted by Gasteiger charge is 2.26. The molecule has 6 nitrogen and oxygen atoms in total. The molecule has 0 radical (unpaired) electrons. The van der Waals surface area contributed by atoms with Crippen molar-refractivity contribution in [3.63, 3.8) is 0 Å². The van der Waals surface area contributed by atoms with Crippen LogP contribution in [0.2, 0.25) is 0 Å². The number of Topliss-reactive ketones (excluding diaryl/α,β-unsaturated/α-hetero) is 1. The minimum Gasteiger partial charge on any atom is -0.385 e. The van der Waals surface area contributed by atoms with Gasteiger partial charge < -0.3 is 9.84 Å². The van der Waals surface area contributed by atoms with E-state index in [1.54, 1.807) is 0 Å². The maximum Gasteiger partial charge on any atom is 0.269 e. The van der Waals surface area contributed by atoms with E-state index in [1.165, 1.54) is 31.2 Å². The van der Waals surface area contributed by atoms with Gasteiger partial charge in [0, 0.05) is 12.1 Å². The van der Waals surface area contributed by atoms with Crippen LogP contribution in [0.3, 0.4) is 0 Å². The lowest BCUT2D eigenvalue weighted by atomic mass is 10.0. The van der Waals surface area contributed by atoms with Gasteiger partial charge in [-0.3, -0.25) is 14.9 Å². The van der Waals surface area contributed by atoms with E-state index >= 15 is 0 Å². The van der Waals surface area contributed by atoms with E-state index < -0.39 is 17.1 Å². The molecule has 2 rings (SSSR count). The summed E-state index contributed by atoms with van der Waals surface area (Å²) in [4.78, 5) is 21.9. The molecule has 0 unspecified atom stereocenters. The number of aliphatic hydroxyl groups is 1. The number of benzene rings is 2. The van der Waals surface area contributed by atoms with Crippen molar-refractivity contribution in [3.8, 4) is 0 Å². The third-order valence-corrected chi connectivity index (χ3v) is 3.41. The number of nitrogens with zero attached hydrogens (tertiary/aromatic N) is 1. The number of hydrogen-bond donors (Lipinski definition) is 1. The zero-order valence-electron chi connectivity index (χ0n) is 12.6. The molecule has 2 atom stereocenters. The first-order valence-electron chi connectivity index (χ1n) is 7.07. The molecular formula is C17H17NO5. The van der Waals surface area contributed by atoms with Crippen molar-refractivity contribution in [2.75, 3.05) is 0 Å². The normalized spacial score (nSPS) is 13.3. The lowest BCUT2D eigenvalue weighted by molar-refractivity contribution is -0.384. The van der Waals surface area contributed by atoms with Gasteiger partial charge in [-0.25, -0.2) is 0 Å². The molecule has 0 spiro atoms. The van der Waals surface area contributed by atoms with E-state index in [4.69, 9.17) is 4.74 Å². The Morgan fingerprint density at radius 2 is 1.78 bits per heavy atom. The summed E-state index contributed by atoms with van der Waals surface area (Å²) >= 11 is 0. The van der Waals surface area contributed by atoms with Gasteiger partial charge in [-0.05, 0) is 30.2 Å². The zero-order chi connectivity index (χ0) is 16.8. The summed E-state index contributed by atoms with van der Waals surface area (Å²) in [6.45, 7) is 1.53. The number of ketones is 1. The Morgan fingerprint density at radius 3 is 2.30 bits per heavy atom. The Hall–Kier alpha value is -2.57. The van der Waals surface area contributed by atoms with Gasteiger partial charge in [0.15, 0.2) is 5.78 Å². The molecule has 6 heteroatoms. The molecule has 0 saturated carbocycles. The molecule has 0 bridgehead atoms. The predicted octanol–water partition coefficient (Wildman–Crippen LogP) is 2.80. The summed E-state index contributed by atoms with van der Waals surface area (Å²) in [7, 11) is 0. The van der Waals surface area contributed by atoms with Gasteiger partial charge >= 0.3 is 0 Å². The van der Waals surface area contributed by atoms with Gasteiger partial charge in [0.05, 0.1) is 11.5 Å². The minimum atomic E-state index is -1.18. The molecule has 0 amide bonds. The van der Waals surface area contributed by atoms with Gasteiger partial charge in [0.2, 0.25) is 0 Å². The molecule has 23 heavy (non-hydrogen) atoms. The highest BCUT2D eigenvalue weighted by molar-refractivity contribution is 5.81. The van der Waals surface area contributed by atoms with Crippen molar-refractivity contribution in [3.05, 3.63) is 75.8 Å². The quantitative estimate of drug-likeness (QED) is 0.627. The Bertz CT molecular complexity index is 669. The molecule has 0 saturated heterocycles. The first-order valence-corrected chi connectivity index (χ1v) is 7.07. The molecule has 2 aromatic carbocycles. The van der Waals surface area contributed by atoms with Crippen LogP contribution in [-0.4, -0.2) is 21.9 Å². The summed E-state index contributed by atoms with van der Waals surface area (Å²) in [5, 5.41) is 21.0. The molecule has 0 heterocycles. The van der Waals surface area contributed by atoms with Crippen molar-refractivity contribution in [1.82, 2.24) is 0 Å². The molecule has 120 valence electrons. The van der Waals surface area contributed by atoms with Crippen LogP contribution in [0, 0.1) is 10.1 Å². The van der Waals surface area contributed by atoms with Crippen LogP contribution in [0.5, 0.6) is 0 Å². The fourth-order valence-electron chi connectivity index (χ4n) is 2.16. The van der Waals surface area contributed by atoms with E-state index in [1.807, 2.05) is 30.3 Å². The van der Waals surface area contributed by atoms with Crippen molar-refractivity contribution in [1.29, 1.82) is 0 Å². The van der Waals surface area contributed by atoms with Crippen molar-refractivity contribution >= 4 is 11.5 Å². The van der Waals surface area contributed by atoms with Crippen LogP contribution >= 0.6 is 0 Å². The summed E-state index contributed by atoms with van der Waals surface area (Å²) in [6, 6.07) is 14.7. The lowest BCUT2D eigenvalue weighted by Crippen LogP contribution is -2.29. The van der Waals surface area contributed by atoms with Gasteiger partial charge in [0.1, 0.15) is 12.2 Å². The third-order valence-electron chi connectivity index (χ3n) is 3.41. The number of non-ortho nitro benzene ring substituents is 1. The average molecular weight is 315 g/mol. The molecular weight excluding hydrogens is 298 g/mol. The average Bonchev–Trinajstić information content (AvgIpc) is 2.55. The lowest BCUT2D eigenvalue weighted by Gasteiger charge is -2.21. The van der Waals surface area contributed by atoms with Crippen LogP contribution in [0.15, 0.2) is 54.6 Å². The zero-order valence-corrected chi connectivity index (χ0v) is 12.6. The number of carbonyl (C=O) groups is 1. The van der Waals surface area contributed by atoms with E-state index in [-0.39, 0.29) is 18.1 Å². The highest BCUT2D eigenvalue weighted by Crippen LogP contribution is 2.23.